The molecule has 0 aliphatic heterocycles. The van der Waals surface area contributed by atoms with Crippen LogP contribution >= 0.6 is 10.5 Å². The van der Waals surface area contributed by atoms with Crippen molar-refractivity contribution in [1.82, 2.24) is 0 Å². The summed E-state index contributed by atoms with van der Waals surface area (Å²) in [6.45, 7) is 2.16. The van der Waals surface area contributed by atoms with Gasteiger partial charge in [0.15, 0.2) is 5.75 Å². The maximum atomic E-state index is 2.35. The van der Waals surface area contributed by atoms with E-state index < -0.39 is 0 Å². The molecule has 1 aromatic heterocycles. The van der Waals surface area contributed by atoms with Gasteiger partial charge in [0.05, 0.1) is 0 Å². The van der Waals surface area contributed by atoms with Crippen LogP contribution in [-0.4, -0.2) is 0 Å². The van der Waals surface area contributed by atoms with Crippen LogP contribution < -0.4 is 0 Å². The molecule has 0 aliphatic rings. The molecule has 0 aliphatic carbocycles. The Morgan fingerprint density at radius 3 is 2.46 bits per heavy atom. The van der Waals surface area contributed by atoms with E-state index in [4.69, 9.17) is 0 Å². The van der Waals surface area contributed by atoms with Gasteiger partial charge < -0.3 is 0 Å². The van der Waals surface area contributed by atoms with Crippen molar-refractivity contribution in [2.24, 2.45) is 0 Å². The van der Waals surface area contributed by atoms with E-state index in [1.54, 1.807) is 0 Å². The van der Waals surface area contributed by atoms with Gasteiger partial charge in [0.1, 0.15) is 10.8 Å². The molecule has 1 heteroatoms. The monoisotopic (exact) mass is 189 g/mol. The molecule has 0 fully saturated rings. The molecule has 0 saturated heterocycles. The number of aryl methyl sites for hydroxylation is 1. The van der Waals surface area contributed by atoms with Crippen molar-refractivity contribution in [3.63, 3.8) is 0 Å². The second-order valence-corrected chi connectivity index (χ2v) is 5.00. The third-order valence-electron chi connectivity index (χ3n) is 2.02. The molecule has 1 heterocycles. The van der Waals surface area contributed by atoms with Crippen molar-refractivity contribution >= 4 is 10.5 Å². The Balaban J connectivity index is 2.15. The molecule has 1 atom stereocenters. The first-order valence-electron chi connectivity index (χ1n) is 4.44. The lowest BCUT2D eigenvalue weighted by Gasteiger charge is -1.91. The molecular weight excluding hydrogens is 176 g/mol. The van der Waals surface area contributed by atoms with Gasteiger partial charge in [-0.2, -0.15) is 0 Å². The number of benzene rings is 1. The minimum absolute atomic E-state index is 0.349. The summed E-state index contributed by atoms with van der Waals surface area (Å²) in [5.74, 6) is 1.16. The maximum absolute atomic E-state index is 2.35. The molecule has 0 nitrogen and oxygen atoms in total. The normalized spacial score (nSPS) is 11.6. The summed E-state index contributed by atoms with van der Waals surface area (Å²) in [5, 5.41) is 4.66. The summed E-state index contributed by atoms with van der Waals surface area (Å²) in [5.41, 5.74) is 2.83. The average Bonchev–Trinajstić information content (AvgIpc) is 2.53. The largest absolute Gasteiger partial charge is 0.152 e. The molecule has 0 radical (unpaired) electrons. The zero-order valence-electron chi connectivity index (χ0n) is 7.73. The average molecular weight is 189 g/mol. The predicted octanol–water partition coefficient (Wildman–Crippen LogP) is 3.79. The van der Waals surface area contributed by atoms with Gasteiger partial charge in [-0.05, 0) is 23.5 Å². The molecule has 0 bridgehead atoms. The molecule has 13 heavy (non-hydrogen) atoms. The molecule has 2 rings (SSSR count). The fourth-order valence-corrected chi connectivity index (χ4v) is 3.15. The van der Waals surface area contributed by atoms with Crippen molar-refractivity contribution in [2.75, 3.05) is 0 Å². The minimum Gasteiger partial charge on any atom is -0.0622 e. The highest BCUT2D eigenvalue weighted by Gasteiger charge is 2.04. The zero-order chi connectivity index (χ0) is 9.10. The Kier molecular flexibility index (Phi) is 2.46. The third kappa shape index (κ3) is 2.19. The number of rotatable bonds is 2. The highest BCUT2D eigenvalue weighted by molar-refractivity contribution is 7.28. The number of thiophene rings is 1. The Bertz CT molecular complexity index is 373. The molecule has 0 N–H and O–H groups in total. The van der Waals surface area contributed by atoms with Gasteiger partial charge in [0, 0.05) is 11.1 Å². The second kappa shape index (κ2) is 3.75. The molecule has 0 saturated carbocycles. The van der Waals surface area contributed by atoms with Crippen molar-refractivity contribution in [3.05, 3.63) is 58.3 Å². The number of hydrogen-bond donors (Lipinski definition) is 0. The Morgan fingerprint density at radius 2 is 1.85 bits per heavy atom. The Morgan fingerprint density at radius 1 is 1.08 bits per heavy atom. The first-order valence-corrected chi connectivity index (χ1v) is 5.96. The standard InChI is InChI=1S/C12H13S/c1-11-7-8-13(9-11)10-12-5-3-2-4-6-12/h2-9H,10H2,1H3/q+1. The molecule has 1 unspecified atom stereocenters. The minimum atomic E-state index is 0.349. The van der Waals surface area contributed by atoms with Crippen LogP contribution in [0, 0.1) is 6.92 Å². The third-order valence-corrected chi connectivity index (χ3v) is 3.85. The zero-order valence-corrected chi connectivity index (χ0v) is 8.55. The second-order valence-electron chi connectivity index (χ2n) is 3.26. The fraction of sp³-hybridized carbons (Fsp3) is 0.167. The summed E-state index contributed by atoms with van der Waals surface area (Å²) in [6, 6.07) is 12.9. The molecule has 66 valence electrons. The van der Waals surface area contributed by atoms with Crippen LogP contribution in [0.4, 0.5) is 0 Å². The van der Waals surface area contributed by atoms with Gasteiger partial charge >= 0.3 is 0 Å². The van der Waals surface area contributed by atoms with Crippen molar-refractivity contribution in [1.29, 1.82) is 0 Å². The lowest BCUT2D eigenvalue weighted by molar-refractivity contribution is 1.41. The Labute approximate surface area is 81.8 Å². The summed E-state index contributed by atoms with van der Waals surface area (Å²) in [6.07, 6.45) is 0. The van der Waals surface area contributed by atoms with Gasteiger partial charge in [-0.15, -0.1) is 0 Å². The lowest BCUT2D eigenvalue weighted by atomic mass is 10.2. The summed E-state index contributed by atoms with van der Waals surface area (Å²) < 4.78 is 0. The van der Waals surface area contributed by atoms with Crippen LogP contribution in [0.25, 0.3) is 0 Å². The van der Waals surface area contributed by atoms with Crippen LogP contribution in [0.3, 0.4) is 0 Å². The summed E-state index contributed by atoms with van der Waals surface area (Å²) >= 11 is 0. The van der Waals surface area contributed by atoms with Crippen LogP contribution in [0.1, 0.15) is 11.1 Å². The SMILES string of the molecule is Cc1cc[s+](Cc2ccccc2)c1. The van der Waals surface area contributed by atoms with Gasteiger partial charge in [-0.1, -0.05) is 30.3 Å². The topological polar surface area (TPSA) is 0 Å². The first kappa shape index (κ1) is 8.52. The fourth-order valence-electron chi connectivity index (χ4n) is 1.37. The van der Waals surface area contributed by atoms with E-state index in [-0.39, 0.29) is 0 Å². The van der Waals surface area contributed by atoms with E-state index >= 15 is 0 Å². The predicted molar refractivity (Wildman–Crippen MR) is 59.2 cm³/mol. The summed E-state index contributed by atoms with van der Waals surface area (Å²) in [7, 11) is 0.349. The molecule has 0 spiro atoms. The van der Waals surface area contributed by atoms with Crippen LogP contribution in [0.2, 0.25) is 0 Å². The van der Waals surface area contributed by atoms with E-state index in [1.807, 2.05) is 0 Å². The molecule has 0 amide bonds. The number of hydrogen-bond acceptors (Lipinski definition) is 0. The van der Waals surface area contributed by atoms with E-state index in [1.165, 1.54) is 11.1 Å². The van der Waals surface area contributed by atoms with Crippen molar-refractivity contribution in [2.45, 2.75) is 12.7 Å². The summed E-state index contributed by atoms with van der Waals surface area (Å²) in [4.78, 5) is 0. The Hall–Kier alpha value is -1.08. The first-order chi connectivity index (χ1) is 6.34. The van der Waals surface area contributed by atoms with Crippen LogP contribution in [-0.2, 0) is 5.75 Å². The lowest BCUT2D eigenvalue weighted by Crippen LogP contribution is -1.76. The van der Waals surface area contributed by atoms with E-state index in [0.29, 0.717) is 10.5 Å². The smallest absolute Gasteiger partial charge is 0.0622 e. The molecular formula is C12H13S+. The van der Waals surface area contributed by atoms with Crippen LogP contribution in [0.15, 0.2) is 47.2 Å². The van der Waals surface area contributed by atoms with Gasteiger partial charge in [0.25, 0.3) is 0 Å². The van der Waals surface area contributed by atoms with Crippen molar-refractivity contribution in [3.8, 4) is 0 Å². The molecule has 1 aromatic carbocycles. The highest BCUT2D eigenvalue weighted by atomic mass is 32.2. The maximum Gasteiger partial charge on any atom is 0.152 e. The van der Waals surface area contributed by atoms with Crippen LogP contribution in [0.5, 0.6) is 0 Å². The molecule has 2 aromatic rings. The highest BCUT2D eigenvalue weighted by Crippen LogP contribution is 2.24. The van der Waals surface area contributed by atoms with E-state index in [9.17, 15) is 0 Å². The van der Waals surface area contributed by atoms with E-state index in [2.05, 4.69) is 54.1 Å². The van der Waals surface area contributed by atoms with Gasteiger partial charge in [0.2, 0.25) is 0 Å². The van der Waals surface area contributed by atoms with Gasteiger partial charge in [-0.3, -0.25) is 0 Å². The van der Waals surface area contributed by atoms with Gasteiger partial charge in [-0.25, -0.2) is 0 Å². The quantitative estimate of drug-likeness (QED) is 0.630. The van der Waals surface area contributed by atoms with Crippen molar-refractivity contribution < 1.29 is 0 Å². The van der Waals surface area contributed by atoms with E-state index in [0.717, 1.165) is 5.75 Å².